The van der Waals surface area contributed by atoms with Gasteiger partial charge in [-0.05, 0) is 6.92 Å². The minimum atomic E-state index is 0.0255. The van der Waals surface area contributed by atoms with Gasteiger partial charge in [-0.3, -0.25) is 5.41 Å². The van der Waals surface area contributed by atoms with Gasteiger partial charge in [0.15, 0.2) is 0 Å². The third-order valence-corrected chi connectivity index (χ3v) is 0.542. The number of nitrogens with two attached hydrogens (primary N) is 2. The van der Waals surface area contributed by atoms with Crippen LogP contribution in [0.5, 0.6) is 0 Å². The molecule has 0 amide bonds. The van der Waals surface area contributed by atoms with Crippen molar-refractivity contribution in [3.8, 4) is 0 Å². The molecule has 0 saturated carbocycles. The molecule has 5 N–H and O–H groups in total. The SMILES string of the molecule is CC(N)CC(=N)N. The van der Waals surface area contributed by atoms with Gasteiger partial charge in [0.2, 0.25) is 0 Å². The molecule has 1 unspecified atom stereocenters. The standard InChI is InChI=1S/C4H11N3/c1-3(5)2-4(6)7/h3H,2,5H2,1H3,(H3,6,7). The molecule has 0 bridgehead atoms. The highest BCUT2D eigenvalue weighted by atomic mass is 14.7. The molecule has 0 rings (SSSR count). The van der Waals surface area contributed by atoms with Gasteiger partial charge in [-0.25, -0.2) is 0 Å². The summed E-state index contributed by atoms with van der Waals surface area (Å²) < 4.78 is 0. The Hall–Kier alpha value is -0.570. The molecule has 0 aliphatic rings. The van der Waals surface area contributed by atoms with E-state index < -0.39 is 0 Å². The van der Waals surface area contributed by atoms with Gasteiger partial charge < -0.3 is 11.5 Å². The zero-order chi connectivity index (χ0) is 5.86. The fraction of sp³-hybridized carbons (Fsp3) is 0.750. The second-order valence-electron chi connectivity index (χ2n) is 1.71. The third kappa shape index (κ3) is 5.43. The van der Waals surface area contributed by atoms with Crippen molar-refractivity contribution in [1.82, 2.24) is 0 Å². The van der Waals surface area contributed by atoms with E-state index in [1.165, 1.54) is 0 Å². The highest BCUT2D eigenvalue weighted by molar-refractivity contribution is 5.77. The van der Waals surface area contributed by atoms with Crippen LogP contribution in [-0.2, 0) is 0 Å². The maximum Gasteiger partial charge on any atom is 0.0920 e. The summed E-state index contributed by atoms with van der Waals surface area (Å²) in [6, 6.07) is 0.0255. The minimum Gasteiger partial charge on any atom is -0.388 e. The maximum atomic E-state index is 6.72. The monoisotopic (exact) mass is 101 g/mol. The van der Waals surface area contributed by atoms with Gasteiger partial charge in [0.1, 0.15) is 0 Å². The van der Waals surface area contributed by atoms with Gasteiger partial charge in [-0.2, -0.15) is 0 Å². The Balaban J connectivity index is 3.13. The van der Waals surface area contributed by atoms with Crippen molar-refractivity contribution >= 4 is 5.84 Å². The number of nitrogens with one attached hydrogen (secondary N) is 1. The second-order valence-corrected chi connectivity index (χ2v) is 1.71. The molecule has 7 heavy (non-hydrogen) atoms. The fourth-order valence-corrected chi connectivity index (χ4v) is 0.347. The summed E-state index contributed by atoms with van der Waals surface area (Å²) in [7, 11) is 0. The first-order chi connectivity index (χ1) is 3.13. The van der Waals surface area contributed by atoms with Crippen LogP contribution in [0.1, 0.15) is 13.3 Å². The van der Waals surface area contributed by atoms with Crippen LogP contribution in [0.25, 0.3) is 0 Å². The van der Waals surface area contributed by atoms with Crippen molar-refractivity contribution in [2.75, 3.05) is 0 Å². The molecule has 0 saturated heterocycles. The van der Waals surface area contributed by atoms with E-state index in [0.29, 0.717) is 6.42 Å². The number of hydrogen-bond donors (Lipinski definition) is 3. The summed E-state index contributed by atoms with van der Waals surface area (Å²) in [6.07, 6.45) is 0.500. The predicted octanol–water partition coefficient (Wildman–Crippen LogP) is -0.340. The molecule has 1 atom stereocenters. The predicted molar refractivity (Wildman–Crippen MR) is 30.2 cm³/mol. The zero-order valence-electron chi connectivity index (χ0n) is 4.44. The number of amidine groups is 1. The van der Waals surface area contributed by atoms with E-state index in [1.807, 2.05) is 6.92 Å². The summed E-state index contributed by atoms with van der Waals surface area (Å²) in [6.45, 7) is 1.82. The molecule has 0 fully saturated rings. The minimum absolute atomic E-state index is 0.0255. The molecule has 3 nitrogen and oxygen atoms in total. The molecule has 0 aliphatic carbocycles. The largest absolute Gasteiger partial charge is 0.388 e. The Morgan fingerprint density at radius 3 is 2.29 bits per heavy atom. The van der Waals surface area contributed by atoms with Crippen molar-refractivity contribution in [2.24, 2.45) is 11.5 Å². The van der Waals surface area contributed by atoms with Crippen molar-refractivity contribution in [1.29, 1.82) is 5.41 Å². The molecular formula is C4H11N3. The molecular weight excluding hydrogens is 90.1 g/mol. The Morgan fingerprint density at radius 1 is 1.86 bits per heavy atom. The highest BCUT2D eigenvalue weighted by Crippen LogP contribution is 1.80. The van der Waals surface area contributed by atoms with Crippen LogP contribution in [0.3, 0.4) is 0 Å². The first-order valence-corrected chi connectivity index (χ1v) is 2.21. The average Bonchev–Trinajstić information content (AvgIpc) is 1.27. The Morgan fingerprint density at radius 2 is 2.29 bits per heavy atom. The summed E-state index contributed by atoms with van der Waals surface area (Å²) in [4.78, 5) is 0. The molecule has 0 spiro atoms. The molecule has 42 valence electrons. The number of rotatable bonds is 2. The Bertz CT molecular complexity index is 67.3. The van der Waals surface area contributed by atoms with Gasteiger partial charge in [0.25, 0.3) is 0 Å². The molecule has 0 radical (unpaired) electrons. The van der Waals surface area contributed by atoms with E-state index in [-0.39, 0.29) is 11.9 Å². The third-order valence-electron chi connectivity index (χ3n) is 0.542. The number of hydrogen-bond acceptors (Lipinski definition) is 2. The summed E-state index contributed by atoms with van der Waals surface area (Å²) in [5.41, 5.74) is 10.3. The Labute approximate surface area is 43.2 Å². The molecule has 3 heteroatoms. The van der Waals surface area contributed by atoms with Crippen LogP contribution in [0.15, 0.2) is 0 Å². The lowest BCUT2D eigenvalue weighted by atomic mass is 10.2. The maximum absolute atomic E-state index is 6.72. The van der Waals surface area contributed by atoms with Gasteiger partial charge in [-0.1, -0.05) is 0 Å². The van der Waals surface area contributed by atoms with E-state index in [4.69, 9.17) is 16.9 Å². The van der Waals surface area contributed by atoms with Crippen LogP contribution in [0.4, 0.5) is 0 Å². The van der Waals surface area contributed by atoms with Crippen molar-refractivity contribution in [2.45, 2.75) is 19.4 Å². The van der Waals surface area contributed by atoms with Crippen LogP contribution in [0.2, 0.25) is 0 Å². The van der Waals surface area contributed by atoms with Gasteiger partial charge in [0, 0.05) is 12.5 Å². The van der Waals surface area contributed by atoms with Crippen LogP contribution in [0, 0.1) is 5.41 Å². The highest BCUT2D eigenvalue weighted by Gasteiger charge is 1.92. The first-order valence-electron chi connectivity index (χ1n) is 2.21. The summed E-state index contributed by atoms with van der Waals surface area (Å²) in [5, 5.41) is 6.72. The van der Waals surface area contributed by atoms with Gasteiger partial charge in [0.05, 0.1) is 5.84 Å². The molecule has 0 aromatic heterocycles. The average molecular weight is 101 g/mol. The zero-order valence-corrected chi connectivity index (χ0v) is 4.44. The van der Waals surface area contributed by atoms with Crippen molar-refractivity contribution in [3.63, 3.8) is 0 Å². The molecule has 0 aliphatic heterocycles. The van der Waals surface area contributed by atoms with Gasteiger partial charge in [-0.15, -0.1) is 0 Å². The molecule has 0 aromatic rings. The van der Waals surface area contributed by atoms with Crippen LogP contribution < -0.4 is 11.5 Å². The van der Waals surface area contributed by atoms with E-state index in [0.717, 1.165) is 0 Å². The van der Waals surface area contributed by atoms with Crippen LogP contribution >= 0.6 is 0 Å². The smallest absolute Gasteiger partial charge is 0.0920 e. The van der Waals surface area contributed by atoms with Crippen molar-refractivity contribution < 1.29 is 0 Å². The topological polar surface area (TPSA) is 75.9 Å². The lowest BCUT2D eigenvalue weighted by Crippen LogP contribution is -2.23. The summed E-state index contributed by atoms with van der Waals surface area (Å²) >= 11 is 0. The van der Waals surface area contributed by atoms with Crippen molar-refractivity contribution in [3.05, 3.63) is 0 Å². The molecule has 0 aromatic carbocycles. The fourth-order valence-electron chi connectivity index (χ4n) is 0.347. The van der Waals surface area contributed by atoms with Crippen LogP contribution in [-0.4, -0.2) is 11.9 Å². The van der Waals surface area contributed by atoms with Gasteiger partial charge >= 0.3 is 0 Å². The lowest BCUT2D eigenvalue weighted by molar-refractivity contribution is 0.772. The van der Waals surface area contributed by atoms with E-state index in [2.05, 4.69) is 0 Å². The van der Waals surface area contributed by atoms with E-state index in [1.54, 1.807) is 0 Å². The second kappa shape index (κ2) is 2.58. The first kappa shape index (κ1) is 6.43. The Kier molecular flexibility index (Phi) is 2.37. The quantitative estimate of drug-likeness (QED) is 0.329. The van der Waals surface area contributed by atoms with E-state index in [9.17, 15) is 0 Å². The molecule has 0 heterocycles. The lowest BCUT2D eigenvalue weighted by Gasteiger charge is -1.99. The summed E-state index contributed by atoms with van der Waals surface area (Å²) in [5.74, 6) is 0.162. The van der Waals surface area contributed by atoms with E-state index >= 15 is 0 Å². The normalized spacial score (nSPS) is 13.4.